The van der Waals surface area contributed by atoms with E-state index in [0.717, 1.165) is 11.3 Å². The molecule has 2 N–H and O–H groups in total. The third-order valence-corrected chi connectivity index (χ3v) is 4.45. The van der Waals surface area contributed by atoms with Crippen molar-refractivity contribution in [1.82, 2.24) is 20.0 Å². The summed E-state index contributed by atoms with van der Waals surface area (Å²) in [4.78, 5) is 38.7. The Bertz CT molecular complexity index is 1140. The Morgan fingerprint density at radius 2 is 1.77 bits per heavy atom. The average molecular weight is 419 g/mol. The minimum atomic E-state index is -0.559. The van der Waals surface area contributed by atoms with Gasteiger partial charge in [-0.15, -0.1) is 0 Å². The molecule has 0 aliphatic rings. The van der Waals surface area contributed by atoms with Gasteiger partial charge in [-0.2, -0.15) is 5.10 Å². The third-order valence-electron chi connectivity index (χ3n) is 4.45. The van der Waals surface area contributed by atoms with Gasteiger partial charge in [-0.3, -0.25) is 14.4 Å². The second kappa shape index (κ2) is 9.82. The Morgan fingerprint density at radius 3 is 2.48 bits per heavy atom. The van der Waals surface area contributed by atoms with Gasteiger partial charge in [-0.05, 0) is 50.8 Å². The number of likely N-dealkylation sites (N-methyl/N-ethyl adjacent to an activating group) is 1. The molecule has 0 bridgehead atoms. The second-order valence-electron chi connectivity index (χ2n) is 7.41. The summed E-state index contributed by atoms with van der Waals surface area (Å²) in [5.74, 6) is -0.687. The standard InChI is InChI=1S/C23H25N5O3/c1-16-12-20(29)22(26-28(16)19-10-5-4-6-11-19)23(31)24-14-17-8-7-9-18(13-17)25-21(30)15-27(2)3/h4-13H,14-15H2,1-3H3,(H,24,31)(H,25,30). The largest absolute Gasteiger partial charge is 0.346 e. The van der Waals surface area contributed by atoms with Crippen molar-refractivity contribution in [3.05, 3.63) is 87.8 Å². The number of rotatable bonds is 7. The molecule has 160 valence electrons. The van der Waals surface area contributed by atoms with Crippen molar-refractivity contribution >= 4 is 17.5 Å². The van der Waals surface area contributed by atoms with Crippen LogP contribution in [0, 0.1) is 6.92 Å². The topological polar surface area (TPSA) is 96.3 Å². The summed E-state index contributed by atoms with van der Waals surface area (Å²) in [5, 5.41) is 9.82. The number of aryl methyl sites for hydroxylation is 1. The van der Waals surface area contributed by atoms with Crippen molar-refractivity contribution in [2.45, 2.75) is 13.5 Å². The monoisotopic (exact) mass is 419 g/mol. The number of para-hydroxylation sites is 1. The zero-order valence-electron chi connectivity index (χ0n) is 17.8. The first-order valence-corrected chi connectivity index (χ1v) is 9.81. The first-order valence-electron chi connectivity index (χ1n) is 9.81. The normalized spacial score (nSPS) is 10.7. The summed E-state index contributed by atoms with van der Waals surface area (Å²) in [5.41, 5.74) is 2.20. The predicted molar refractivity (Wildman–Crippen MR) is 119 cm³/mol. The zero-order chi connectivity index (χ0) is 22.4. The van der Waals surface area contributed by atoms with Gasteiger partial charge >= 0.3 is 0 Å². The van der Waals surface area contributed by atoms with Crippen molar-refractivity contribution in [2.75, 3.05) is 26.0 Å². The Labute approximate surface area is 180 Å². The second-order valence-corrected chi connectivity index (χ2v) is 7.41. The molecule has 0 aliphatic heterocycles. The van der Waals surface area contributed by atoms with E-state index in [1.807, 2.05) is 50.5 Å². The van der Waals surface area contributed by atoms with Gasteiger partial charge in [0.2, 0.25) is 11.3 Å². The van der Waals surface area contributed by atoms with E-state index in [1.165, 1.54) is 6.07 Å². The van der Waals surface area contributed by atoms with E-state index in [2.05, 4.69) is 15.7 Å². The molecule has 3 aromatic rings. The minimum Gasteiger partial charge on any atom is -0.346 e. The molecule has 0 radical (unpaired) electrons. The lowest BCUT2D eigenvalue weighted by Crippen LogP contribution is -2.31. The fourth-order valence-electron chi connectivity index (χ4n) is 3.05. The Morgan fingerprint density at radius 1 is 1.03 bits per heavy atom. The number of aromatic nitrogens is 2. The fourth-order valence-corrected chi connectivity index (χ4v) is 3.05. The lowest BCUT2D eigenvalue weighted by atomic mass is 10.2. The van der Waals surface area contributed by atoms with Crippen LogP contribution in [0.4, 0.5) is 5.69 Å². The maximum Gasteiger partial charge on any atom is 0.276 e. The number of amides is 2. The van der Waals surface area contributed by atoms with E-state index in [4.69, 9.17) is 0 Å². The van der Waals surface area contributed by atoms with E-state index < -0.39 is 11.3 Å². The van der Waals surface area contributed by atoms with Crippen LogP contribution in [0.25, 0.3) is 5.69 Å². The fraction of sp³-hybridized carbons (Fsp3) is 0.217. The molecule has 8 nitrogen and oxygen atoms in total. The van der Waals surface area contributed by atoms with Gasteiger partial charge in [-0.25, -0.2) is 4.68 Å². The molecule has 0 saturated heterocycles. The van der Waals surface area contributed by atoms with Crippen LogP contribution in [0.2, 0.25) is 0 Å². The molecule has 1 aromatic heterocycles. The molecule has 8 heteroatoms. The molecule has 1 heterocycles. The van der Waals surface area contributed by atoms with Crippen LogP contribution >= 0.6 is 0 Å². The van der Waals surface area contributed by atoms with Crippen LogP contribution in [0.5, 0.6) is 0 Å². The first kappa shape index (κ1) is 21.9. The first-order chi connectivity index (χ1) is 14.8. The van der Waals surface area contributed by atoms with Crippen LogP contribution in [0.15, 0.2) is 65.5 Å². The van der Waals surface area contributed by atoms with Gasteiger partial charge in [0.05, 0.1) is 12.2 Å². The average Bonchev–Trinajstić information content (AvgIpc) is 2.72. The van der Waals surface area contributed by atoms with E-state index in [-0.39, 0.29) is 24.7 Å². The summed E-state index contributed by atoms with van der Waals surface area (Å²) >= 11 is 0. The molecule has 0 aliphatic carbocycles. The number of hydrogen-bond acceptors (Lipinski definition) is 5. The number of nitrogens with one attached hydrogen (secondary N) is 2. The molecular weight excluding hydrogens is 394 g/mol. The SMILES string of the molecule is Cc1cc(=O)c(C(=O)NCc2cccc(NC(=O)CN(C)C)c2)nn1-c1ccccc1. The number of carbonyl (C=O) groups is 2. The molecule has 0 spiro atoms. The maximum absolute atomic E-state index is 12.7. The quantitative estimate of drug-likeness (QED) is 0.610. The molecular formula is C23H25N5O3. The summed E-state index contributed by atoms with van der Waals surface area (Å²) in [7, 11) is 3.63. The Balaban J connectivity index is 1.72. The smallest absolute Gasteiger partial charge is 0.276 e. The zero-order valence-corrected chi connectivity index (χ0v) is 17.8. The van der Waals surface area contributed by atoms with Gasteiger partial charge in [0.15, 0.2) is 5.69 Å². The molecule has 2 amide bonds. The van der Waals surface area contributed by atoms with Crippen molar-refractivity contribution in [3.8, 4) is 5.69 Å². The molecule has 2 aromatic carbocycles. The molecule has 31 heavy (non-hydrogen) atoms. The van der Waals surface area contributed by atoms with Crippen LogP contribution in [0.3, 0.4) is 0 Å². The van der Waals surface area contributed by atoms with Gasteiger partial charge < -0.3 is 15.5 Å². The van der Waals surface area contributed by atoms with Crippen LogP contribution < -0.4 is 16.1 Å². The van der Waals surface area contributed by atoms with Crippen LogP contribution in [-0.4, -0.2) is 47.1 Å². The summed E-state index contributed by atoms with van der Waals surface area (Å²) in [6.45, 7) is 2.23. The summed E-state index contributed by atoms with van der Waals surface area (Å²) in [6.07, 6.45) is 0. The van der Waals surface area contributed by atoms with E-state index in [9.17, 15) is 14.4 Å². The van der Waals surface area contributed by atoms with Gasteiger partial charge in [0.1, 0.15) is 0 Å². The van der Waals surface area contributed by atoms with Crippen molar-refractivity contribution in [3.63, 3.8) is 0 Å². The van der Waals surface area contributed by atoms with Crippen molar-refractivity contribution in [2.24, 2.45) is 0 Å². The van der Waals surface area contributed by atoms with Gasteiger partial charge in [0, 0.05) is 24.0 Å². The van der Waals surface area contributed by atoms with Crippen LogP contribution in [-0.2, 0) is 11.3 Å². The third kappa shape index (κ3) is 5.86. The Hall–Kier alpha value is -3.78. The molecule has 0 unspecified atom stereocenters. The van der Waals surface area contributed by atoms with Crippen molar-refractivity contribution < 1.29 is 9.59 Å². The predicted octanol–water partition coefficient (Wildman–Crippen LogP) is 1.97. The molecule has 0 fully saturated rings. The Kier molecular flexibility index (Phi) is 6.94. The summed E-state index contributed by atoms with van der Waals surface area (Å²) in [6, 6.07) is 17.9. The lowest BCUT2D eigenvalue weighted by molar-refractivity contribution is -0.116. The van der Waals surface area contributed by atoms with Gasteiger partial charge in [0.25, 0.3) is 5.91 Å². The maximum atomic E-state index is 12.7. The highest BCUT2D eigenvalue weighted by atomic mass is 16.2. The summed E-state index contributed by atoms with van der Waals surface area (Å²) < 4.78 is 1.57. The number of anilines is 1. The van der Waals surface area contributed by atoms with Gasteiger partial charge in [-0.1, -0.05) is 30.3 Å². The van der Waals surface area contributed by atoms with Crippen LogP contribution in [0.1, 0.15) is 21.7 Å². The number of benzene rings is 2. The van der Waals surface area contributed by atoms with E-state index in [0.29, 0.717) is 11.4 Å². The molecule has 0 atom stereocenters. The molecule has 3 rings (SSSR count). The minimum absolute atomic E-state index is 0.128. The lowest BCUT2D eigenvalue weighted by Gasteiger charge is -2.12. The number of carbonyl (C=O) groups excluding carboxylic acids is 2. The highest BCUT2D eigenvalue weighted by Gasteiger charge is 2.15. The van der Waals surface area contributed by atoms with Crippen molar-refractivity contribution in [1.29, 1.82) is 0 Å². The number of hydrogen-bond donors (Lipinski definition) is 2. The van der Waals surface area contributed by atoms with E-state index >= 15 is 0 Å². The highest BCUT2D eigenvalue weighted by Crippen LogP contribution is 2.11. The highest BCUT2D eigenvalue weighted by molar-refractivity contribution is 5.93. The van der Waals surface area contributed by atoms with E-state index in [1.54, 1.807) is 34.7 Å². The number of nitrogens with zero attached hydrogens (tertiary/aromatic N) is 3. The molecule has 0 saturated carbocycles.